The van der Waals surface area contributed by atoms with Gasteiger partial charge in [0.2, 0.25) is 5.91 Å². The molecule has 0 aliphatic carbocycles. The fourth-order valence-electron chi connectivity index (χ4n) is 3.73. The summed E-state index contributed by atoms with van der Waals surface area (Å²) in [6.07, 6.45) is 1.42. The first kappa shape index (κ1) is 15.8. The molecule has 0 saturated carbocycles. The van der Waals surface area contributed by atoms with Crippen LogP contribution < -0.4 is 9.80 Å². The summed E-state index contributed by atoms with van der Waals surface area (Å²) >= 11 is 0. The van der Waals surface area contributed by atoms with Gasteiger partial charge in [0.05, 0.1) is 6.61 Å². The first-order chi connectivity index (χ1) is 12.2. The predicted octanol–water partition coefficient (Wildman–Crippen LogP) is 2.55. The number of anilines is 2. The summed E-state index contributed by atoms with van der Waals surface area (Å²) in [6, 6.07) is 15.0. The minimum atomic E-state index is -0.100. The molecule has 2 aliphatic heterocycles. The third-order valence-corrected chi connectivity index (χ3v) is 5.01. The Morgan fingerprint density at radius 2 is 2.00 bits per heavy atom. The third-order valence-electron chi connectivity index (χ3n) is 5.01. The molecule has 0 aromatic heterocycles. The van der Waals surface area contributed by atoms with E-state index in [1.54, 1.807) is 21.9 Å². The van der Waals surface area contributed by atoms with Crippen molar-refractivity contribution in [1.82, 2.24) is 0 Å². The summed E-state index contributed by atoms with van der Waals surface area (Å²) in [5.74, 6) is -0.0446. The van der Waals surface area contributed by atoms with Crippen LogP contribution in [0.4, 0.5) is 11.4 Å². The van der Waals surface area contributed by atoms with Crippen molar-refractivity contribution in [3.63, 3.8) is 0 Å². The van der Waals surface area contributed by atoms with E-state index in [1.807, 2.05) is 36.4 Å². The molecular formula is C20H20N2O3. The number of nitrogens with zero attached hydrogens (tertiary/aromatic N) is 2. The van der Waals surface area contributed by atoms with Crippen LogP contribution in [0.1, 0.15) is 34.7 Å². The van der Waals surface area contributed by atoms with Crippen molar-refractivity contribution in [2.45, 2.75) is 18.8 Å². The average molecular weight is 336 g/mol. The largest absolute Gasteiger partial charge is 0.396 e. The van der Waals surface area contributed by atoms with Crippen molar-refractivity contribution in [2.24, 2.45) is 0 Å². The van der Waals surface area contributed by atoms with E-state index in [-0.39, 0.29) is 24.3 Å². The molecule has 2 aromatic carbocycles. The van der Waals surface area contributed by atoms with Crippen LogP contribution in [-0.4, -0.2) is 36.6 Å². The molecule has 1 fully saturated rings. The van der Waals surface area contributed by atoms with Crippen LogP contribution in [0.3, 0.4) is 0 Å². The summed E-state index contributed by atoms with van der Waals surface area (Å²) < 4.78 is 0. The van der Waals surface area contributed by atoms with Crippen LogP contribution in [0.2, 0.25) is 0 Å². The van der Waals surface area contributed by atoms with E-state index >= 15 is 0 Å². The molecule has 1 N–H and O–H groups in total. The molecular weight excluding hydrogens is 316 g/mol. The maximum absolute atomic E-state index is 13.1. The van der Waals surface area contributed by atoms with Gasteiger partial charge in [-0.1, -0.05) is 24.3 Å². The first-order valence-corrected chi connectivity index (χ1v) is 8.61. The Morgan fingerprint density at radius 1 is 1.16 bits per heavy atom. The Labute approximate surface area is 146 Å². The Morgan fingerprint density at radius 3 is 2.76 bits per heavy atom. The number of carbonyl (C=O) groups excluding carboxylic acids is 2. The third kappa shape index (κ3) is 2.70. The van der Waals surface area contributed by atoms with Crippen LogP contribution in [0.25, 0.3) is 0 Å². The maximum atomic E-state index is 13.1. The zero-order chi connectivity index (χ0) is 17.4. The van der Waals surface area contributed by atoms with E-state index in [0.29, 0.717) is 25.1 Å². The number of benzene rings is 2. The van der Waals surface area contributed by atoms with Crippen LogP contribution in [-0.2, 0) is 4.79 Å². The lowest BCUT2D eigenvalue weighted by Gasteiger charge is -2.20. The summed E-state index contributed by atoms with van der Waals surface area (Å²) in [5.41, 5.74) is 3.20. The van der Waals surface area contributed by atoms with Gasteiger partial charge in [-0.2, -0.15) is 0 Å². The van der Waals surface area contributed by atoms with Crippen LogP contribution in [0.5, 0.6) is 0 Å². The molecule has 0 radical (unpaired) electrons. The predicted molar refractivity (Wildman–Crippen MR) is 96.0 cm³/mol. The van der Waals surface area contributed by atoms with Crippen molar-refractivity contribution >= 4 is 23.2 Å². The van der Waals surface area contributed by atoms with Gasteiger partial charge in [-0.15, -0.1) is 0 Å². The fraction of sp³-hybridized carbons (Fsp3) is 0.300. The molecule has 2 aromatic rings. The first-order valence-electron chi connectivity index (χ1n) is 8.61. The topological polar surface area (TPSA) is 60.9 Å². The van der Waals surface area contributed by atoms with Crippen molar-refractivity contribution in [1.29, 1.82) is 0 Å². The van der Waals surface area contributed by atoms with Crippen LogP contribution >= 0.6 is 0 Å². The van der Waals surface area contributed by atoms with Crippen molar-refractivity contribution in [3.05, 3.63) is 59.7 Å². The number of para-hydroxylation sites is 1. The molecule has 4 rings (SSSR count). The molecule has 25 heavy (non-hydrogen) atoms. The average Bonchev–Trinajstić information content (AvgIpc) is 3.24. The van der Waals surface area contributed by atoms with E-state index < -0.39 is 0 Å². The molecule has 0 bridgehead atoms. The van der Waals surface area contributed by atoms with E-state index in [2.05, 4.69) is 0 Å². The fourth-order valence-corrected chi connectivity index (χ4v) is 3.73. The Balaban J connectivity index is 1.65. The highest BCUT2D eigenvalue weighted by molar-refractivity contribution is 6.08. The molecule has 5 nitrogen and oxygen atoms in total. The lowest BCUT2D eigenvalue weighted by molar-refractivity contribution is -0.117. The van der Waals surface area contributed by atoms with Gasteiger partial charge in [0, 0.05) is 42.4 Å². The molecule has 5 heteroatoms. The van der Waals surface area contributed by atoms with Gasteiger partial charge in [0.25, 0.3) is 5.91 Å². The number of fused-ring (bicyclic) bond motifs is 1. The normalized spacial score (nSPS) is 19.4. The molecule has 128 valence electrons. The highest BCUT2D eigenvalue weighted by atomic mass is 16.3. The van der Waals surface area contributed by atoms with Gasteiger partial charge in [-0.05, 0) is 36.2 Å². The summed E-state index contributed by atoms with van der Waals surface area (Å²) in [7, 11) is 0. The number of amides is 2. The van der Waals surface area contributed by atoms with E-state index in [9.17, 15) is 14.7 Å². The van der Waals surface area contributed by atoms with E-state index in [0.717, 1.165) is 23.4 Å². The molecule has 2 heterocycles. The van der Waals surface area contributed by atoms with Crippen molar-refractivity contribution < 1.29 is 14.7 Å². The minimum absolute atomic E-state index is 0.0170. The Hall–Kier alpha value is -2.66. The lowest BCUT2D eigenvalue weighted by atomic mass is 10.0. The van der Waals surface area contributed by atoms with Crippen LogP contribution in [0, 0.1) is 0 Å². The highest BCUT2D eigenvalue weighted by Gasteiger charge is 2.32. The number of aliphatic hydroxyl groups excluding tert-OH is 1. The van der Waals surface area contributed by atoms with Gasteiger partial charge < -0.3 is 14.9 Å². The molecule has 1 unspecified atom stereocenters. The number of hydrogen-bond acceptors (Lipinski definition) is 3. The smallest absolute Gasteiger partial charge is 0.258 e. The molecule has 1 atom stereocenters. The van der Waals surface area contributed by atoms with E-state index in [1.165, 1.54) is 0 Å². The van der Waals surface area contributed by atoms with Gasteiger partial charge in [-0.25, -0.2) is 0 Å². The molecule has 0 spiro atoms. The molecule has 2 amide bonds. The SMILES string of the molecule is O=C1CCCN1c1cccc(C(=O)N2CC(CO)c3ccccc32)c1. The van der Waals surface area contributed by atoms with E-state index in [4.69, 9.17) is 0 Å². The minimum Gasteiger partial charge on any atom is -0.396 e. The van der Waals surface area contributed by atoms with Gasteiger partial charge >= 0.3 is 0 Å². The Kier molecular flexibility index (Phi) is 4.01. The van der Waals surface area contributed by atoms with Crippen molar-refractivity contribution in [2.75, 3.05) is 29.5 Å². The van der Waals surface area contributed by atoms with Crippen LogP contribution in [0.15, 0.2) is 48.5 Å². The van der Waals surface area contributed by atoms with Crippen molar-refractivity contribution in [3.8, 4) is 0 Å². The summed E-state index contributed by atoms with van der Waals surface area (Å²) in [4.78, 5) is 28.5. The second kappa shape index (κ2) is 6.33. The zero-order valence-corrected chi connectivity index (χ0v) is 13.9. The number of carbonyl (C=O) groups is 2. The number of aliphatic hydroxyl groups is 1. The number of hydrogen-bond donors (Lipinski definition) is 1. The summed E-state index contributed by atoms with van der Waals surface area (Å²) in [6.45, 7) is 1.19. The van der Waals surface area contributed by atoms with Gasteiger partial charge in [-0.3, -0.25) is 9.59 Å². The summed E-state index contributed by atoms with van der Waals surface area (Å²) in [5, 5.41) is 9.62. The second-order valence-corrected chi connectivity index (χ2v) is 6.55. The molecule has 1 saturated heterocycles. The Bertz CT molecular complexity index is 833. The quantitative estimate of drug-likeness (QED) is 0.937. The monoisotopic (exact) mass is 336 g/mol. The lowest BCUT2D eigenvalue weighted by Crippen LogP contribution is -2.31. The highest BCUT2D eigenvalue weighted by Crippen LogP contribution is 2.37. The second-order valence-electron chi connectivity index (χ2n) is 6.55. The maximum Gasteiger partial charge on any atom is 0.258 e. The van der Waals surface area contributed by atoms with Gasteiger partial charge in [0.1, 0.15) is 0 Å². The zero-order valence-electron chi connectivity index (χ0n) is 13.9. The molecule has 2 aliphatic rings. The number of rotatable bonds is 3. The standard InChI is InChI=1S/C20H20N2O3/c23-13-15-12-22(18-8-2-1-7-17(15)18)20(25)14-5-3-6-16(11-14)21-10-4-9-19(21)24/h1-3,5-8,11,15,23H,4,9-10,12-13H2. The van der Waals surface area contributed by atoms with Gasteiger partial charge in [0.15, 0.2) is 0 Å².